The molecule has 1 N–H and O–H groups in total. The first-order valence-corrected chi connectivity index (χ1v) is 11.0. The summed E-state index contributed by atoms with van der Waals surface area (Å²) in [5.41, 5.74) is 3.08. The quantitative estimate of drug-likeness (QED) is 0.511. The minimum absolute atomic E-state index is 0.121. The lowest BCUT2D eigenvalue weighted by molar-refractivity contribution is 0.257. The zero-order chi connectivity index (χ0) is 20.5. The van der Waals surface area contributed by atoms with Gasteiger partial charge in [0.1, 0.15) is 0 Å². The van der Waals surface area contributed by atoms with E-state index in [1.165, 1.54) is 11.3 Å². The van der Waals surface area contributed by atoms with E-state index in [2.05, 4.69) is 22.0 Å². The van der Waals surface area contributed by atoms with E-state index in [0.717, 1.165) is 47.4 Å². The third kappa shape index (κ3) is 3.62. The van der Waals surface area contributed by atoms with E-state index >= 15 is 0 Å². The van der Waals surface area contributed by atoms with Gasteiger partial charge in [0.2, 0.25) is 5.13 Å². The fraction of sp³-hybridized carbons (Fsp3) is 0.261. The van der Waals surface area contributed by atoms with Crippen molar-refractivity contribution in [2.45, 2.75) is 18.9 Å². The van der Waals surface area contributed by atoms with Crippen LogP contribution in [0.4, 0.5) is 0 Å². The number of piperidine rings is 1. The van der Waals surface area contributed by atoms with Crippen LogP contribution in [0.2, 0.25) is 0 Å². The highest BCUT2D eigenvalue weighted by atomic mass is 32.1. The molecule has 0 radical (unpaired) electrons. The molecular weight excluding hydrogens is 394 g/mol. The Bertz CT molecular complexity index is 1210. The van der Waals surface area contributed by atoms with Gasteiger partial charge in [-0.2, -0.15) is 4.68 Å². The van der Waals surface area contributed by atoms with Crippen LogP contribution in [0.5, 0.6) is 0 Å². The first-order valence-electron chi connectivity index (χ1n) is 10.2. The van der Waals surface area contributed by atoms with Gasteiger partial charge in [0.25, 0.3) is 5.56 Å². The molecule has 1 aliphatic heterocycles. The lowest BCUT2D eigenvalue weighted by Crippen LogP contribution is -2.32. The summed E-state index contributed by atoms with van der Waals surface area (Å²) in [7, 11) is 2.14. The maximum Gasteiger partial charge on any atom is 0.282 e. The van der Waals surface area contributed by atoms with E-state index in [1.807, 2.05) is 54.6 Å². The van der Waals surface area contributed by atoms with Crippen LogP contribution < -0.4 is 5.56 Å². The van der Waals surface area contributed by atoms with Crippen molar-refractivity contribution in [2.24, 2.45) is 4.99 Å². The highest BCUT2D eigenvalue weighted by molar-refractivity contribution is 7.20. The summed E-state index contributed by atoms with van der Waals surface area (Å²) in [5, 5.41) is 3.93. The Morgan fingerprint density at radius 1 is 1.10 bits per heavy atom. The summed E-state index contributed by atoms with van der Waals surface area (Å²) >= 11 is 1.50. The van der Waals surface area contributed by atoms with Gasteiger partial charge in [-0.15, -0.1) is 0 Å². The molecule has 4 aromatic rings. The predicted octanol–water partition coefficient (Wildman–Crippen LogP) is 3.96. The molecule has 1 fully saturated rings. The van der Waals surface area contributed by atoms with Crippen LogP contribution in [0.1, 0.15) is 18.4 Å². The van der Waals surface area contributed by atoms with Crippen LogP contribution >= 0.6 is 11.3 Å². The van der Waals surface area contributed by atoms with Gasteiger partial charge in [0.15, 0.2) is 0 Å². The highest BCUT2D eigenvalue weighted by Gasteiger charge is 2.19. The minimum atomic E-state index is -0.121. The van der Waals surface area contributed by atoms with E-state index in [9.17, 15) is 4.79 Å². The van der Waals surface area contributed by atoms with Crippen molar-refractivity contribution < 1.29 is 0 Å². The number of nitrogens with zero attached hydrogens (tertiary/aromatic N) is 4. The van der Waals surface area contributed by atoms with E-state index in [-0.39, 0.29) is 11.6 Å². The fourth-order valence-electron chi connectivity index (χ4n) is 3.81. The number of aliphatic imine (C=N–C) groups is 1. The molecule has 152 valence electrons. The maximum atomic E-state index is 13.4. The Morgan fingerprint density at radius 2 is 1.83 bits per heavy atom. The summed E-state index contributed by atoms with van der Waals surface area (Å²) in [6, 6.07) is 18.1. The van der Waals surface area contributed by atoms with Crippen LogP contribution in [-0.2, 0) is 0 Å². The molecule has 0 saturated carbocycles. The number of aromatic nitrogens is 3. The first kappa shape index (κ1) is 19.0. The number of rotatable bonds is 4. The number of hydrogen-bond acceptors (Lipinski definition) is 5. The maximum absolute atomic E-state index is 13.4. The SMILES string of the molecule is CN1CCC(N=Cc2c(-c3ccccc3)[nH]n(-c3nc4ccccc4s3)c2=O)CC1. The second kappa shape index (κ2) is 8.01. The van der Waals surface area contributed by atoms with Crippen LogP contribution in [0.15, 0.2) is 64.4 Å². The van der Waals surface area contributed by atoms with Gasteiger partial charge >= 0.3 is 0 Å². The van der Waals surface area contributed by atoms with Crippen molar-refractivity contribution >= 4 is 27.8 Å². The van der Waals surface area contributed by atoms with Gasteiger partial charge in [-0.1, -0.05) is 53.8 Å². The molecule has 2 aromatic heterocycles. The normalized spacial score (nSPS) is 16.0. The number of hydrogen-bond donors (Lipinski definition) is 1. The summed E-state index contributed by atoms with van der Waals surface area (Å²) in [4.78, 5) is 25.1. The van der Waals surface area contributed by atoms with Crippen LogP contribution in [-0.4, -0.2) is 52.1 Å². The standard InChI is InChI=1S/C23H23N5OS/c1-27-13-11-17(12-14-27)24-15-18-21(16-7-3-2-4-8-16)26-28(22(18)29)23-25-19-9-5-6-10-20(19)30-23/h2-10,15,17,26H,11-14H2,1H3. The number of thiazole rings is 1. The van der Waals surface area contributed by atoms with Gasteiger partial charge in [0.05, 0.1) is 27.5 Å². The second-order valence-electron chi connectivity index (χ2n) is 7.68. The minimum Gasteiger partial charge on any atom is -0.306 e. The Hall–Kier alpha value is -3.03. The first-order chi connectivity index (χ1) is 14.7. The average molecular weight is 418 g/mol. The number of likely N-dealkylation sites (tertiary alicyclic amines) is 1. The van der Waals surface area contributed by atoms with Crippen LogP contribution in [0.3, 0.4) is 0 Å². The lowest BCUT2D eigenvalue weighted by Gasteiger charge is -2.26. The molecule has 0 spiro atoms. The van der Waals surface area contributed by atoms with E-state index in [1.54, 1.807) is 10.9 Å². The predicted molar refractivity (Wildman–Crippen MR) is 123 cm³/mol. The smallest absolute Gasteiger partial charge is 0.282 e. The number of aromatic amines is 1. The van der Waals surface area contributed by atoms with Crippen molar-refractivity contribution in [3.05, 3.63) is 70.5 Å². The summed E-state index contributed by atoms with van der Waals surface area (Å²) in [5.74, 6) is 0. The molecule has 0 bridgehead atoms. The molecule has 2 aromatic carbocycles. The zero-order valence-electron chi connectivity index (χ0n) is 16.8. The van der Waals surface area contributed by atoms with E-state index in [4.69, 9.17) is 4.99 Å². The average Bonchev–Trinajstić information content (AvgIpc) is 3.35. The molecule has 0 unspecified atom stereocenters. The Morgan fingerprint density at radius 3 is 2.60 bits per heavy atom. The summed E-state index contributed by atoms with van der Waals surface area (Å²) in [6.07, 6.45) is 3.80. The van der Waals surface area contributed by atoms with Gasteiger partial charge in [0, 0.05) is 11.8 Å². The van der Waals surface area contributed by atoms with Gasteiger partial charge in [-0.25, -0.2) is 4.98 Å². The zero-order valence-corrected chi connectivity index (χ0v) is 17.6. The summed E-state index contributed by atoms with van der Waals surface area (Å²) in [6.45, 7) is 2.08. The molecule has 0 aliphatic carbocycles. The largest absolute Gasteiger partial charge is 0.306 e. The molecule has 3 heterocycles. The molecular formula is C23H23N5OS. The number of para-hydroxylation sites is 1. The van der Waals surface area contributed by atoms with Crippen LogP contribution in [0.25, 0.3) is 26.6 Å². The highest BCUT2D eigenvalue weighted by Crippen LogP contribution is 2.25. The molecule has 0 atom stereocenters. The molecule has 7 heteroatoms. The van der Waals surface area contributed by atoms with Crippen molar-refractivity contribution in [3.63, 3.8) is 0 Å². The third-order valence-corrected chi connectivity index (χ3v) is 6.59. The Balaban J connectivity index is 1.58. The van der Waals surface area contributed by atoms with Gasteiger partial charge < -0.3 is 4.90 Å². The van der Waals surface area contributed by atoms with E-state index < -0.39 is 0 Å². The van der Waals surface area contributed by atoms with Gasteiger partial charge in [-0.3, -0.25) is 14.9 Å². The topological polar surface area (TPSA) is 66.3 Å². The number of fused-ring (bicyclic) bond motifs is 1. The molecule has 1 saturated heterocycles. The van der Waals surface area contributed by atoms with Gasteiger partial charge in [-0.05, 0) is 45.1 Å². The lowest BCUT2D eigenvalue weighted by atomic mass is 10.1. The number of H-pyrrole nitrogens is 1. The molecule has 1 aliphatic rings. The second-order valence-corrected chi connectivity index (χ2v) is 8.69. The number of benzene rings is 2. The Labute approximate surface area is 178 Å². The number of nitrogens with one attached hydrogen (secondary N) is 1. The van der Waals surface area contributed by atoms with Crippen molar-refractivity contribution in [2.75, 3.05) is 20.1 Å². The third-order valence-electron chi connectivity index (χ3n) is 5.57. The summed E-state index contributed by atoms with van der Waals surface area (Å²) < 4.78 is 2.60. The van der Waals surface area contributed by atoms with Crippen molar-refractivity contribution in [3.8, 4) is 16.4 Å². The van der Waals surface area contributed by atoms with E-state index in [0.29, 0.717) is 10.7 Å². The van der Waals surface area contributed by atoms with Crippen LogP contribution in [0, 0.1) is 0 Å². The van der Waals surface area contributed by atoms with Crippen molar-refractivity contribution in [1.82, 2.24) is 19.7 Å². The molecule has 0 amide bonds. The molecule has 5 rings (SSSR count). The molecule has 30 heavy (non-hydrogen) atoms. The van der Waals surface area contributed by atoms with Crippen molar-refractivity contribution in [1.29, 1.82) is 0 Å². The molecule has 6 nitrogen and oxygen atoms in total. The fourth-order valence-corrected chi connectivity index (χ4v) is 4.73. The monoisotopic (exact) mass is 417 g/mol. The Kier molecular flexibility index (Phi) is 5.06.